The highest BCUT2D eigenvalue weighted by Gasteiger charge is 2.59. The lowest BCUT2D eigenvalue weighted by atomic mass is 9.83. The maximum Gasteiger partial charge on any atom is 0.438 e. The molecule has 5 atom stereocenters. The molecule has 12 rings (SSSR count). The van der Waals surface area contributed by atoms with Crippen molar-refractivity contribution in [1.82, 2.24) is 48.3 Å². The second kappa shape index (κ2) is 14.2. The van der Waals surface area contributed by atoms with Gasteiger partial charge in [-0.3, -0.25) is 28.1 Å². The van der Waals surface area contributed by atoms with E-state index in [1.165, 1.54) is 10.1 Å². The van der Waals surface area contributed by atoms with Gasteiger partial charge in [-0.25, -0.2) is 18.7 Å². The number of aryl methyl sites for hydroxylation is 3. The number of rotatable bonds is 7. The molecule has 0 spiro atoms. The summed E-state index contributed by atoms with van der Waals surface area (Å²) in [5.41, 5.74) is 5.37. The van der Waals surface area contributed by atoms with Gasteiger partial charge in [0, 0.05) is 60.4 Å². The molecule has 8 heterocycles. The number of nitrogens with zero attached hydrogens (tertiary/aromatic N) is 9. The van der Waals surface area contributed by atoms with Gasteiger partial charge in [0.25, 0.3) is 5.91 Å². The SMILES string of the molecule is Cc1cc(-n2nc3c(c2-n2ccn(-c4ccc5c(cnn5C)c4Cl)c2=O)[C@@H]2CC[C@H](C3)N2C(=O)c2cc3cc([C@H]4CCOC(C)(C)C4)ccc3n2[C@@]2(c3noc(=O)[nH]3)C[C@@H]2C)cc(C)c1F. The van der Waals surface area contributed by atoms with Gasteiger partial charge in [-0.15, -0.1) is 0 Å². The highest BCUT2D eigenvalue weighted by atomic mass is 35.5. The number of ether oxygens (including phenoxy) is 1. The van der Waals surface area contributed by atoms with Crippen LogP contribution in [0.5, 0.6) is 0 Å². The number of carbonyl (C=O) groups excluding carboxylic acids is 1. The molecular weight excluding hydrogens is 863 g/mol. The Kier molecular flexibility index (Phi) is 8.84. The fourth-order valence-electron chi connectivity index (χ4n) is 11.7. The number of benzene rings is 3. The highest BCUT2D eigenvalue weighted by Crippen LogP contribution is 2.57. The Hall–Kier alpha value is -6.52. The number of hydrogen-bond donors (Lipinski definition) is 1. The first kappa shape index (κ1) is 40.9. The zero-order chi connectivity index (χ0) is 45.7. The third-order valence-corrected chi connectivity index (χ3v) is 15.4. The van der Waals surface area contributed by atoms with Crippen molar-refractivity contribution in [3.8, 4) is 17.2 Å². The molecule has 1 saturated carbocycles. The molecular formula is C49H48ClFN10O5. The van der Waals surface area contributed by atoms with Gasteiger partial charge in [-0.05, 0) is 131 Å². The van der Waals surface area contributed by atoms with Crippen LogP contribution in [0.15, 0.2) is 81.2 Å². The molecule has 1 aliphatic carbocycles. The van der Waals surface area contributed by atoms with E-state index in [1.54, 1.807) is 64.6 Å². The maximum atomic E-state index is 15.8. The monoisotopic (exact) mass is 910 g/mol. The Morgan fingerprint density at radius 3 is 2.45 bits per heavy atom. The Morgan fingerprint density at radius 2 is 1.73 bits per heavy atom. The minimum absolute atomic E-state index is 0.0248. The minimum atomic E-state index is -0.828. The first-order valence-electron chi connectivity index (χ1n) is 22.6. The zero-order valence-corrected chi connectivity index (χ0v) is 38.2. The number of aromatic amines is 1. The van der Waals surface area contributed by atoms with Crippen LogP contribution in [0.25, 0.3) is 39.0 Å². The molecule has 8 aromatic rings. The highest BCUT2D eigenvalue weighted by molar-refractivity contribution is 6.37. The van der Waals surface area contributed by atoms with Crippen molar-refractivity contribution in [2.24, 2.45) is 13.0 Å². The third kappa shape index (κ3) is 5.89. The summed E-state index contributed by atoms with van der Waals surface area (Å²) in [6, 6.07) is 14.9. The van der Waals surface area contributed by atoms with Gasteiger partial charge >= 0.3 is 11.4 Å². The van der Waals surface area contributed by atoms with Crippen LogP contribution >= 0.6 is 11.6 Å². The van der Waals surface area contributed by atoms with Gasteiger partial charge in [0.15, 0.2) is 5.82 Å². The summed E-state index contributed by atoms with van der Waals surface area (Å²) in [5.74, 6) is 0.0257. The summed E-state index contributed by atoms with van der Waals surface area (Å²) in [6.07, 6.45) is 9.25. The molecule has 1 N–H and O–H groups in total. The first-order chi connectivity index (χ1) is 31.6. The number of H-pyrrole nitrogens is 1. The van der Waals surface area contributed by atoms with Crippen molar-refractivity contribution < 1.29 is 18.4 Å². The van der Waals surface area contributed by atoms with Crippen LogP contribution in [-0.2, 0) is 23.7 Å². The van der Waals surface area contributed by atoms with Crippen molar-refractivity contribution in [3.63, 3.8) is 0 Å². The average Bonchev–Trinajstić information content (AvgIpc) is 3.99. The number of halogens is 2. The van der Waals surface area contributed by atoms with Crippen molar-refractivity contribution >= 4 is 39.3 Å². The second-order valence-corrected chi connectivity index (χ2v) is 19.9. The Balaban J connectivity index is 1.02. The maximum absolute atomic E-state index is 15.8. The van der Waals surface area contributed by atoms with Crippen molar-refractivity contribution in [3.05, 3.63) is 138 Å². The number of aromatic nitrogens is 9. The van der Waals surface area contributed by atoms with Gasteiger partial charge in [-0.1, -0.05) is 29.7 Å². The van der Waals surface area contributed by atoms with Crippen LogP contribution in [0.2, 0.25) is 5.02 Å². The van der Waals surface area contributed by atoms with E-state index in [9.17, 15) is 9.59 Å². The molecule has 66 heavy (non-hydrogen) atoms. The summed E-state index contributed by atoms with van der Waals surface area (Å²) < 4.78 is 35.0. The molecule has 2 saturated heterocycles. The molecule has 3 aliphatic heterocycles. The molecule has 15 nitrogen and oxygen atoms in total. The smallest absolute Gasteiger partial charge is 0.376 e. The van der Waals surface area contributed by atoms with Gasteiger partial charge in [0.2, 0.25) is 0 Å². The molecule has 5 aromatic heterocycles. The van der Waals surface area contributed by atoms with E-state index < -0.39 is 23.0 Å². The number of carbonyl (C=O) groups is 1. The van der Waals surface area contributed by atoms with E-state index in [4.69, 9.17) is 26.0 Å². The lowest BCUT2D eigenvalue weighted by molar-refractivity contribution is -0.0592. The van der Waals surface area contributed by atoms with Crippen LogP contribution in [0, 0.1) is 25.6 Å². The van der Waals surface area contributed by atoms with Gasteiger partial charge in [0.1, 0.15) is 22.9 Å². The second-order valence-electron chi connectivity index (χ2n) is 19.5. The van der Waals surface area contributed by atoms with E-state index in [-0.39, 0.29) is 35.2 Å². The van der Waals surface area contributed by atoms with Crippen LogP contribution in [0.3, 0.4) is 0 Å². The minimum Gasteiger partial charge on any atom is -0.376 e. The molecule has 17 heteroatoms. The quantitative estimate of drug-likeness (QED) is 0.168. The average molecular weight is 911 g/mol. The standard InChI is InChI=1S/C49H48ClFN10O5/c1-25-17-32(18-26(2)42(25)51)61-43(58-15-14-57(47(58)64)38-12-11-36-33(41(38)50)24-52-56(36)6)40-34(54-61)21-31-8-10-37(40)59(31)44(62)39-20-30-19-28(29-13-16-65-48(4,5)23-29)7-9-35(30)60(39)49(22-27(49)3)45-53-46(63)66-55-45/h7,9,11-12,14-15,17-20,24,27,29,31,37H,8,10,13,16,21-23H2,1-6H3,(H,53,55,63)/t27-,29-,31+,37-,49-/m0/s1. The predicted molar refractivity (Wildman–Crippen MR) is 245 cm³/mol. The predicted octanol–water partition coefficient (Wildman–Crippen LogP) is 8.10. The van der Waals surface area contributed by atoms with Crippen LogP contribution in [-0.4, -0.2) is 72.5 Å². The number of fused-ring (bicyclic) bond motifs is 6. The molecule has 338 valence electrons. The van der Waals surface area contributed by atoms with E-state index in [1.807, 2.05) is 24.1 Å². The largest absolute Gasteiger partial charge is 0.438 e. The van der Waals surface area contributed by atoms with Crippen LogP contribution < -0.4 is 11.4 Å². The fraction of sp³-hybridized carbons (Fsp3) is 0.388. The molecule has 1 amide bonds. The third-order valence-electron chi connectivity index (χ3n) is 15.0. The van der Waals surface area contributed by atoms with Crippen LogP contribution in [0.4, 0.5) is 4.39 Å². The van der Waals surface area contributed by atoms with Crippen molar-refractivity contribution in [2.75, 3.05) is 6.61 Å². The van der Waals surface area contributed by atoms with Crippen molar-refractivity contribution in [1.29, 1.82) is 0 Å². The number of amides is 1. The molecule has 4 aliphatic rings. The summed E-state index contributed by atoms with van der Waals surface area (Å²) in [6.45, 7) is 10.4. The van der Waals surface area contributed by atoms with E-state index in [0.717, 1.165) is 46.9 Å². The summed E-state index contributed by atoms with van der Waals surface area (Å²) in [7, 11) is 1.83. The number of imidazole rings is 1. The summed E-state index contributed by atoms with van der Waals surface area (Å²) >= 11 is 6.99. The summed E-state index contributed by atoms with van der Waals surface area (Å²) in [5, 5.41) is 15.8. The molecule has 0 radical (unpaired) electrons. The van der Waals surface area contributed by atoms with E-state index >= 15 is 9.18 Å². The van der Waals surface area contributed by atoms with Crippen molar-refractivity contribution in [2.45, 2.75) is 102 Å². The Bertz CT molecular complexity index is 3450. The van der Waals surface area contributed by atoms with Gasteiger partial charge < -0.3 is 14.2 Å². The van der Waals surface area contributed by atoms with Crippen LogP contribution in [0.1, 0.15) is 109 Å². The number of hydrogen-bond acceptors (Lipinski definition) is 8. The topological polar surface area (TPSA) is 156 Å². The molecule has 3 aromatic carbocycles. The lowest BCUT2D eigenvalue weighted by Crippen LogP contribution is -2.43. The molecule has 0 unspecified atom stereocenters. The Morgan fingerprint density at radius 1 is 0.970 bits per heavy atom. The summed E-state index contributed by atoms with van der Waals surface area (Å²) in [4.78, 5) is 48.0. The van der Waals surface area contributed by atoms with Gasteiger partial charge in [-0.2, -0.15) is 10.2 Å². The first-order valence-corrected chi connectivity index (χ1v) is 23.0. The Labute approximate surface area is 382 Å². The molecule has 3 fully saturated rings. The normalized spacial score (nSPS) is 23.3. The number of nitrogens with one attached hydrogen (secondary N) is 1. The zero-order valence-electron chi connectivity index (χ0n) is 37.4. The van der Waals surface area contributed by atoms with Gasteiger partial charge in [0.05, 0.1) is 45.4 Å². The van der Waals surface area contributed by atoms with E-state index in [0.29, 0.717) is 76.1 Å². The van der Waals surface area contributed by atoms with E-state index in [2.05, 4.69) is 58.8 Å². The fourth-order valence-corrected chi connectivity index (χ4v) is 12.0. The lowest BCUT2D eigenvalue weighted by Gasteiger charge is -2.36. The molecule has 2 bridgehead atoms.